The first-order valence-electron chi connectivity index (χ1n) is 22.4. The van der Waals surface area contributed by atoms with Crippen LogP contribution in [0.25, 0.3) is 0 Å². The van der Waals surface area contributed by atoms with E-state index in [1.807, 2.05) is 0 Å². The first-order chi connectivity index (χ1) is 24.9. The summed E-state index contributed by atoms with van der Waals surface area (Å²) in [6, 6.07) is 0. The Labute approximate surface area is 317 Å². The highest BCUT2D eigenvalue weighted by Gasteiger charge is 2.19. The summed E-state index contributed by atoms with van der Waals surface area (Å²) in [5.41, 5.74) is 0. The lowest BCUT2D eigenvalue weighted by molar-refractivity contribution is -0.167. The van der Waals surface area contributed by atoms with Gasteiger partial charge in [0.15, 0.2) is 6.10 Å². The lowest BCUT2D eigenvalue weighted by Gasteiger charge is -2.18. The van der Waals surface area contributed by atoms with Gasteiger partial charge in [0.2, 0.25) is 0 Å². The molecule has 0 saturated heterocycles. The van der Waals surface area contributed by atoms with Gasteiger partial charge in [-0.25, -0.2) is 0 Å². The molecular weight excluding hydrogens is 636 g/mol. The molecule has 0 aromatic heterocycles. The Morgan fingerprint density at radius 3 is 0.961 bits per heavy atom. The zero-order valence-corrected chi connectivity index (χ0v) is 34.6. The van der Waals surface area contributed by atoms with Crippen LogP contribution in [0.4, 0.5) is 0 Å². The van der Waals surface area contributed by atoms with Crippen LogP contribution >= 0.6 is 0 Å². The van der Waals surface area contributed by atoms with Crippen molar-refractivity contribution in [2.75, 3.05) is 13.2 Å². The Kier molecular flexibility index (Phi) is 38.4. The van der Waals surface area contributed by atoms with Crippen molar-refractivity contribution in [3.63, 3.8) is 0 Å². The molecule has 0 aliphatic carbocycles. The molecule has 0 unspecified atom stereocenters. The van der Waals surface area contributed by atoms with Crippen molar-refractivity contribution in [1.82, 2.24) is 0 Å². The number of hydrogen-bond donors (Lipinski definition) is 0. The van der Waals surface area contributed by atoms with Crippen LogP contribution in [0.15, 0.2) is 0 Å². The third kappa shape index (κ3) is 39.5. The highest BCUT2D eigenvalue weighted by Crippen LogP contribution is 2.16. The van der Waals surface area contributed by atoms with E-state index in [-0.39, 0.29) is 31.1 Å². The highest BCUT2D eigenvalue weighted by molar-refractivity contribution is 5.71. The molecule has 0 aromatic carbocycles. The first kappa shape index (κ1) is 49.4. The third-order valence-corrected chi connectivity index (χ3v) is 10.0. The molecule has 0 bridgehead atoms. The second kappa shape index (κ2) is 39.6. The minimum absolute atomic E-state index is 0.0657. The number of hydrogen-bond acceptors (Lipinski definition) is 6. The molecule has 0 aliphatic heterocycles. The Hall–Kier alpha value is -1.59. The second-order valence-corrected chi connectivity index (χ2v) is 15.8. The minimum Gasteiger partial charge on any atom is -0.462 e. The summed E-state index contributed by atoms with van der Waals surface area (Å²) in [5, 5.41) is 0. The van der Waals surface area contributed by atoms with Gasteiger partial charge in [-0.3, -0.25) is 14.4 Å². The summed E-state index contributed by atoms with van der Waals surface area (Å²) in [6.07, 6.45) is 38.4. The van der Waals surface area contributed by atoms with Gasteiger partial charge in [0.25, 0.3) is 0 Å². The molecule has 0 heterocycles. The fourth-order valence-electron chi connectivity index (χ4n) is 6.63. The summed E-state index contributed by atoms with van der Waals surface area (Å²) in [5.74, 6) is -0.0753. The standard InChI is InChI=1S/C45H86O6/c1-5-7-9-11-12-13-14-15-16-17-18-19-20-21-25-29-32-36-43(46)49-39-42(51-45(48)38-34-27-10-8-6-2)40-50-44(47)37-33-30-26-23-22-24-28-31-35-41(3)4/h41-42H,5-40H2,1-4H3/t42-/m1/s1. The van der Waals surface area contributed by atoms with Crippen molar-refractivity contribution in [2.45, 2.75) is 252 Å². The molecule has 302 valence electrons. The number of unbranched alkanes of at least 4 members (excludes halogenated alkanes) is 27. The van der Waals surface area contributed by atoms with Crippen LogP contribution in [-0.4, -0.2) is 37.2 Å². The monoisotopic (exact) mass is 723 g/mol. The number of ether oxygens (including phenoxy) is 3. The van der Waals surface area contributed by atoms with Crippen molar-refractivity contribution >= 4 is 17.9 Å². The average molecular weight is 723 g/mol. The van der Waals surface area contributed by atoms with E-state index in [1.165, 1.54) is 135 Å². The Morgan fingerprint density at radius 2 is 0.647 bits per heavy atom. The van der Waals surface area contributed by atoms with E-state index in [2.05, 4.69) is 27.7 Å². The van der Waals surface area contributed by atoms with E-state index in [9.17, 15) is 14.4 Å². The van der Waals surface area contributed by atoms with Crippen LogP contribution in [-0.2, 0) is 28.6 Å². The molecule has 0 fully saturated rings. The molecule has 0 aliphatic rings. The van der Waals surface area contributed by atoms with Gasteiger partial charge < -0.3 is 14.2 Å². The van der Waals surface area contributed by atoms with Gasteiger partial charge in [0.05, 0.1) is 0 Å². The van der Waals surface area contributed by atoms with E-state index in [4.69, 9.17) is 14.2 Å². The summed E-state index contributed by atoms with van der Waals surface area (Å²) in [4.78, 5) is 37.4. The maximum absolute atomic E-state index is 12.5. The molecule has 51 heavy (non-hydrogen) atoms. The zero-order chi connectivity index (χ0) is 37.5. The van der Waals surface area contributed by atoms with Crippen molar-refractivity contribution in [3.8, 4) is 0 Å². The van der Waals surface area contributed by atoms with Crippen LogP contribution in [0.2, 0.25) is 0 Å². The average Bonchev–Trinajstić information content (AvgIpc) is 3.11. The van der Waals surface area contributed by atoms with Crippen LogP contribution in [0.3, 0.4) is 0 Å². The first-order valence-corrected chi connectivity index (χ1v) is 22.4. The molecule has 6 nitrogen and oxygen atoms in total. The quantitative estimate of drug-likeness (QED) is 0.0356. The summed E-state index contributed by atoms with van der Waals surface area (Å²) < 4.78 is 16.6. The topological polar surface area (TPSA) is 78.9 Å². The molecule has 1 atom stereocenters. The lowest BCUT2D eigenvalue weighted by atomic mass is 10.0. The maximum atomic E-state index is 12.5. The molecule has 6 heteroatoms. The van der Waals surface area contributed by atoms with Crippen molar-refractivity contribution in [1.29, 1.82) is 0 Å². The predicted molar refractivity (Wildman–Crippen MR) is 215 cm³/mol. The van der Waals surface area contributed by atoms with Gasteiger partial charge in [-0.1, -0.05) is 207 Å². The summed E-state index contributed by atoms with van der Waals surface area (Å²) in [7, 11) is 0. The Morgan fingerprint density at radius 1 is 0.373 bits per heavy atom. The summed E-state index contributed by atoms with van der Waals surface area (Å²) >= 11 is 0. The van der Waals surface area contributed by atoms with Gasteiger partial charge in [0, 0.05) is 19.3 Å². The van der Waals surface area contributed by atoms with E-state index >= 15 is 0 Å². The fraction of sp³-hybridized carbons (Fsp3) is 0.933. The fourth-order valence-corrected chi connectivity index (χ4v) is 6.63. The van der Waals surface area contributed by atoms with E-state index in [0.29, 0.717) is 19.3 Å². The van der Waals surface area contributed by atoms with Crippen molar-refractivity contribution in [2.24, 2.45) is 5.92 Å². The molecule has 0 N–H and O–H groups in total. The van der Waals surface area contributed by atoms with Gasteiger partial charge in [-0.05, 0) is 25.2 Å². The van der Waals surface area contributed by atoms with Crippen molar-refractivity contribution in [3.05, 3.63) is 0 Å². The Bertz CT molecular complexity index is 766. The predicted octanol–water partition coefficient (Wildman–Crippen LogP) is 13.9. The van der Waals surface area contributed by atoms with E-state index in [0.717, 1.165) is 70.1 Å². The summed E-state index contributed by atoms with van der Waals surface area (Å²) in [6.45, 7) is 8.88. The number of carbonyl (C=O) groups is 3. The molecule has 0 radical (unpaired) electrons. The molecule has 0 rings (SSSR count). The largest absolute Gasteiger partial charge is 0.462 e. The lowest BCUT2D eigenvalue weighted by Crippen LogP contribution is -2.30. The number of esters is 3. The van der Waals surface area contributed by atoms with Gasteiger partial charge in [0.1, 0.15) is 13.2 Å². The van der Waals surface area contributed by atoms with Crippen LogP contribution in [0.1, 0.15) is 246 Å². The molecule has 0 aromatic rings. The molecule has 0 saturated carbocycles. The molecule has 0 spiro atoms. The third-order valence-electron chi connectivity index (χ3n) is 10.0. The van der Waals surface area contributed by atoms with E-state index in [1.54, 1.807) is 0 Å². The van der Waals surface area contributed by atoms with Crippen LogP contribution in [0, 0.1) is 5.92 Å². The maximum Gasteiger partial charge on any atom is 0.306 e. The smallest absolute Gasteiger partial charge is 0.306 e. The number of carbonyl (C=O) groups excluding carboxylic acids is 3. The highest BCUT2D eigenvalue weighted by atomic mass is 16.6. The van der Waals surface area contributed by atoms with Gasteiger partial charge in [-0.2, -0.15) is 0 Å². The SMILES string of the molecule is CCCCCCCCCCCCCCCCCCCC(=O)OC[C@H](COC(=O)CCCCCCCCCCC(C)C)OC(=O)CCCCCCC. The minimum atomic E-state index is -0.757. The van der Waals surface area contributed by atoms with Crippen LogP contribution < -0.4 is 0 Å². The molecule has 0 amide bonds. The number of rotatable bonds is 40. The normalized spacial score (nSPS) is 11.9. The van der Waals surface area contributed by atoms with Gasteiger partial charge >= 0.3 is 17.9 Å². The van der Waals surface area contributed by atoms with E-state index < -0.39 is 6.10 Å². The second-order valence-electron chi connectivity index (χ2n) is 15.8. The zero-order valence-electron chi connectivity index (χ0n) is 34.6. The molecular formula is C45H86O6. The van der Waals surface area contributed by atoms with Crippen LogP contribution in [0.5, 0.6) is 0 Å². The van der Waals surface area contributed by atoms with Crippen molar-refractivity contribution < 1.29 is 28.6 Å². The van der Waals surface area contributed by atoms with Gasteiger partial charge in [-0.15, -0.1) is 0 Å². The Balaban J connectivity index is 4.11.